The topological polar surface area (TPSA) is 114 Å². The molecule has 0 saturated carbocycles. The lowest BCUT2D eigenvalue weighted by Gasteiger charge is -2.30. The van der Waals surface area contributed by atoms with Gasteiger partial charge < -0.3 is 28.5 Å². The van der Waals surface area contributed by atoms with Crippen LogP contribution in [0.1, 0.15) is 213 Å². The lowest BCUT2D eigenvalue weighted by atomic mass is 10.1. The minimum absolute atomic E-state index is 0.0430. The van der Waals surface area contributed by atoms with Crippen LogP contribution in [0.2, 0.25) is 0 Å². The fourth-order valence-corrected chi connectivity index (χ4v) is 8.38. The standard InChI is InChI=1S/C65H109N2O7P/c1-7-10-13-16-19-22-25-27-29-31-32-33-34-36-38-40-43-46-49-52-55-58-65(69)74-63(56-53-50-47-44-41-24-21-18-15-12-9-3)62(61-73-75(70,71)72-60-59-67(4,5)6)66-64(68)57-54-51-48-45-42-39-37-35-30-28-26-23-20-17-14-11-8-2/h11,14,17,19-20,22-23,26-30,32-33,35-39,42,53,56,62-63H,7-10,12-13,15-16,18,21,24-25,31,34,40-41,43-52,54-55,57-61H2,1-6H3,(H-,66,68,70,71)/b14-11-,20-17+,22-19-,26-23+,29-27-,30-28-,33-32-,37-35+,38-36-,42-39+,56-53+. The van der Waals surface area contributed by atoms with Crippen LogP contribution in [0, 0.1) is 0 Å². The maximum absolute atomic E-state index is 13.5. The lowest BCUT2D eigenvalue weighted by Crippen LogP contribution is -2.47. The Labute approximate surface area is 460 Å². The second-order valence-corrected chi connectivity index (χ2v) is 22.0. The molecule has 3 atom stereocenters. The van der Waals surface area contributed by atoms with Crippen LogP contribution in [0.15, 0.2) is 134 Å². The fraction of sp³-hybridized carbons (Fsp3) is 0.631. The van der Waals surface area contributed by atoms with Crippen LogP contribution in [0.3, 0.4) is 0 Å². The number of ether oxygens (including phenoxy) is 1. The van der Waals surface area contributed by atoms with Crippen molar-refractivity contribution in [2.75, 3.05) is 40.9 Å². The number of rotatable bonds is 51. The molecule has 0 fully saturated rings. The van der Waals surface area contributed by atoms with Gasteiger partial charge in [-0.1, -0.05) is 238 Å². The van der Waals surface area contributed by atoms with E-state index in [1.807, 2.05) is 88.0 Å². The summed E-state index contributed by atoms with van der Waals surface area (Å²) in [4.78, 5) is 39.9. The van der Waals surface area contributed by atoms with Gasteiger partial charge in [-0.2, -0.15) is 0 Å². The van der Waals surface area contributed by atoms with Gasteiger partial charge in [-0.05, 0) is 96.0 Å². The van der Waals surface area contributed by atoms with Crippen LogP contribution in [0.5, 0.6) is 0 Å². The summed E-state index contributed by atoms with van der Waals surface area (Å²) in [6.45, 7) is 6.58. The molecular weight excluding hydrogens is 952 g/mol. The summed E-state index contributed by atoms with van der Waals surface area (Å²) < 4.78 is 30.2. The summed E-state index contributed by atoms with van der Waals surface area (Å²) in [5.41, 5.74) is 0. The van der Waals surface area contributed by atoms with E-state index < -0.39 is 26.6 Å². The molecule has 0 aromatic rings. The molecule has 3 unspecified atom stereocenters. The molecule has 0 aromatic carbocycles. The first-order valence-corrected chi connectivity index (χ1v) is 31.0. The van der Waals surface area contributed by atoms with Gasteiger partial charge in [0.1, 0.15) is 19.3 Å². The van der Waals surface area contributed by atoms with Gasteiger partial charge in [0.25, 0.3) is 7.82 Å². The summed E-state index contributed by atoms with van der Waals surface area (Å²) in [7, 11) is 1.12. The van der Waals surface area contributed by atoms with Gasteiger partial charge in [0.05, 0.1) is 33.8 Å². The number of unbranched alkanes of at least 4 members (excludes halogenated alkanes) is 20. The van der Waals surface area contributed by atoms with Gasteiger partial charge in [0.2, 0.25) is 5.91 Å². The maximum Gasteiger partial charge on any atom is 0.306 e. The molecule has 0 heterocycles. The van der Waals surface area contributed by atoms with E-state index >= 15 is 0 Å². The van der Waals surface area contributed by atoms with E-state index in [9.17, 15) is 19.0 Å². The largest absolute Gasteiger partial charge is 0.756 e. The van der Waals surface area contributed by atoms with Gasteiger partial charge >= 0.3 is 5.97 Å². The fourth-order valence-electron chi connectivity index (χ4n) is 7.65. The van der Waals surface area contributed by atoms with Crippen molar-refractivity contribution < 1.29 is 37.3 Å². The van der Waals surface area contributed by atoms with Crippen molar-refractivity contribution in [1.82, 2.24) is 5.32 Å². The summed E-state index contributed by atoms with van der Waals surface area (Å²) in [6.07, 6.45) is 75.6. The number of phosphoric ester groups is 1. The summed E-state index contributed by atoms with van der Waals surface area (Å²) in [6, 6.07) is -0.929. The van der Waals surface area contributed by atoms with Crippen molar-refractivity contribution >= 4 is 19.7 Å². The van der Waals surface area contributed by atoms with E-state index in [0.29, 0.717) is 23.9 Å². The SMILES string of the molecule is CC\C=C/C=C/C=C/C=C\C=C\C=C\CCCCCC(=O)NC(COP(=O)([O-])OCC[N+](C)(C)C)C(/C=C/CCCCCCCCCCC)OC(=O)CCCCCCC/C=C\C/C=C\C/C=C\C/C=C\CCCCC. The smallest absolute Gasteiger partial charge is 0.306 e. The van der Waals surface area contributed by atoms with E-state index in [4.69, 9.17) is 13.8 Å². The Kier molecular flexibility index (Phi) is 50.8. The number of phosphoric acid groups is 1. The Hall–Kier alpha value is -3.85. The molecule has 426 valence electrons. The van der Waals surface area contributed by atoms with E-state index in [0.717, 1.165) is 96.3 Å². The highest BCUT2D eigenvalue weighted by Gasteiger charge is 2.27. The number of esters is 1. The van der Waals surface area contributed by atoms with Gasteiger partial charge in [-0.3, -0.25) is 14.2 Å². The van der Waals surface area contributed by atoms with Crippen molar-refractivity contribution in [2.24, 2.45) is 0 Å². The molecule has 0 aliphatic carbocycles. The number of hydrogen-bond donors (Lipinski definition) is 1. The normalized spacial score (nSPS) is 14.7. The number of nitrogens with zero attached hydrogens (tertiary/aromatic N) is 1. The van der Waals surface area contributed by atoms with E-state index in [1.165, 1.54) is 70.6 Å². The molecule has 0 aliphatic rings. The van der Waals surface area contributed by atoms with Crippen LogP contribution in [-0.2, 0) is 27.9 Å². The zero-order chi connectivity index (χ0) is 55.0. The third kappa shape index (κ3) is 54.7. The second kappa shape index (κ2) is 53.5. The van der Waals surface area contributed by atoms with Crippen LogP contribution in [0.25, 0.3) is 0 Å². The Morgan fingerprint density at radius 3 is 1.44 bits per heavy atom. The molecule has 0 aromatic heterocycles. The van der Waals surface area contributed by atoms with Crippen molar-refractivity contribution in [3.05, 3.63) is 134 Å². The maximum atomic E-state index is 13.5. The molecule has 0 rings (SSSR count). The first kappa shape index (κ1) is 71.2. The van der Waals surface area contributed by atoms with Crippen molar-refractivity contribution in [3.8, 4) is 0 Å². The van der Waals surface area contributed by atoms with Gasteiger partial charge in [0.15, 0.2) is 0 Å². The number of nitrogens with one attached hydrogen (secondary N) is 1. The molecule has 0 bridgehead atoms. The van der Waals surface area contributed by atoms with Crippen LogP contribution in [0.4, 0.5) is 0 Å². The number of allylic oxidation sites excluding steroid dienone is 21. The van der Waals surface area contributed by atoms with Gasteiger partial charge in [0, 0.05) is 12.8 Å². The average Bonchev–Trinajstić information content (AvgIpc) is 3.37. The minimum atomic E-state index is -4.72. The molecule has 9 nitrogen and oxygen atoms in total. The Morgan fingerprint density at radius 1 is 0.493 bits per heavy atom. The van der Waals surface area contributed by atoms with Gasteiger partial charge in [-0.25, -0.2) is 0 Å². The monoisotopic (exact) mass is 1060 g/mol. The van der Waals surface area contributed by atoms with Crippen molar-refractivity contribution in [2.45, 2.75) is 226 Å². The number of quaternary nitrogens is 1. The Morgan fingerprint density at radius 2 is 0.907 bits per heavy atom. The summed E-state index contributed by atoms with van der Waals surface area (Å²) >= 11 is 0. The zero-order valence-corrected chi connectivity index (χ0v) is 49.3. The molecule has 0 radical (unpaired) electrons. The number of hydrogen-bond acceptors (Lipinski definition) is 7. The van der Waals surface area contributed by atoms with Crippen LogP contribution < -0.4 is 10.2 Å². The third-order valence-electron chi connectivity index (χ3n) is 12.2. The zero-order valence-electron chi connectivity index (χ0n) is 48.4. The highest BCUT2D eigenvalue weighted by molar-refractivity contribution is 7.45. The predicted octanol–water partition coefficient (Wildman–Crippen LogP) is 17.5. The Bertz CT molecular complexity index is 1740. The van der Waals surface area contributed by atoms with E-state index in [1.54, 1.807) is 6.08 Å². The number of likely N-dealkylation sites (N-methyl/N-ethyl adjacent to an activating group) is 1. The number of carbonyl (C=O) groups excluding carboxylic acids is 2. The quantitative estimate of drug-likeness (QED) is 0.0161. The minimum Gasteiger partial charge on any atom is -0.756 e. The van der Waals surface area contributed by atoms with Gasteiger partial charge in [-0.15, -0.1) is 0 Å². The van der Waals surface area contributed by atoms with Crippen LogP contribution >= 0.6 is 7.82 Å². The highest BCUT2D eigenvalue weighted by atomic mass is 31.2. The molecule has 1 amide bonds. The molecule has 10 heteroatoms. The van der Waals surface area contributed by atoms with Crippen LogP contribution in [-0.4, -0.2) is 69.4 Å². The third-order valence-corrected chi connectivity index (χ3v) is 13.2. The number of carbonyl (C=O) groups is 2. The summed E-state index contributed by atoms with van der Waals surface area (Å²) in [5.74, 6) is -0.626. The molecule has 0 saturated heterocycles. The lowest BCUT2D eigenvalue weighted by molar-refractivity contribution is -0.870. The molecule has 1 N–H and O–H groups in total. The summed E-state index contributed by atoms with van der Waals surface area (Å²) in [5, 5.41) is 2.99. The van der Waals surface area contributed by atoms with E-state index in [-0.39, 0.29) is 31.3 Å². The molecule has 0 aliphatic heterocycles. The van der Waals surface area contributed by atoms with Crippen molar-refractivity contribution in [3.63, 3.8) is 0 Å². The van der Waals surface area contributed by atoms with E-state index in [2.05, 4.69) is 86.8 Å². The molecular formula is C65H109N2O7P. The first-order chi connectivity index (χ1) is 36.4. The second-order valence-electron chi connectivity index (χ2n) is 20.6. The molecule has 75 heavy (non-hydrogen) atoms. The predicted molar refractivity (Wildman–Crippen MR) is 320 cm³/mol. The average molecular weight is 1060 g/mol. The highest BCUT2D eigenvalue weighted by Crippen LogP contribution is 2.38. The Balaban J connectivity index is 5.40. The molecule has 0 spiro atoms. The number of amides is 1. The van der Waals surface area contributed by atoms with Crippen molar-refractivity contribution in [1.29, 1.82) is 0 Å². The first-order valence-electron chi connectivity index (χ1n) is 29.6.